The minimum Gasteiger partial charge on any atom is -0.484 e. The summed E-state index contributed by atoms with van der Waals surface area (Å²) in [6, 6.07) is 19.4. The van der Waals surface area contributed by atoms with Crippen molar-refractivity contribution in [2.24, 2.45) is 0 Å². The van der Waals surface area contributed by atoms with Crippen molar-refractivity contribution in [3.05, 3.63) is 76.5 Å². The largest absolute Gasteiger partial charge is 0.484 e. The summed E-state index contributed by atoms with van der Waals surface area (Å²) < 4.78 is 5.63. The normalized spacial score (nSPS) is 14.1. The number of nitrogens with zero attached hydrogens (tertiary/aromatic N) is 2. The topological polar surface area (TPSA) is 61.9 Å². The maximum absolute atomic E-state index is 12.5. The number of piperazine rings is 1. The summed E-state index contributed by atoms with van der Waals surface area (Å²) in [6.45, 7) is 9.40. The van der Waals surface area contributed by atoms with Crippen LogP contribution in [0.2, 0.25) is 0 Å². The molecule has 1 N–H and O–H groups in total. The number of rotatable bonds is 6. The van der Waals surface area contributed by atoms with Gasteiger partial charge in [0.05, 0.1) is 4.88 Å². The molecule has 0 bridgehead atoms. The van der Waals surface area contributed by atoms with Gasteiger partial charge in [0.15, 0.2) is 6.61 Å². The number of amides is 2. The lowest BCUT2D eigenvalue weighted by Gasteiger charge is -2.36. The molecular formula is C27H31N3O3S. The van der Waals surface area contributed by atoms with E-state index in [-0.39, 0.29) is 23.8 Å². The molecule has 0 aliphatic carbocycles. The van der Waals surface area contributed by atoms with Gasteiger partial charge in [-0.2, -0.15) is 0 Å². The molecule has 1 aliphatic heterocycles. The molecule has 1 fully saturated rings. The Balaban J connectivity index is 1.24. The number of ether oxygens (including phenoxy) is 1. The van der Waals surface area contributed by atoms with Crippen LogP contribution in [0, 0.1) is 0 Å². The number of hydrogen-bond acceptors (Lipinski definition) is 5. The van der Waals surface area contributed by atoms with Gasteiger partial charge in [-0.15, -0.1) is 11.3 Å². The second-order valence-electron chi connectivity index (χ2n) is 9.41. The van der Waals surface area contributed by atoms with Gasteiger partial charge in [-0.3, -0.25) is 9.59 Å². The zero-order chi connectivity index (χ0) is 24.1. The van der Waals surface area contributed by atoms with Crippen molar-refractivity contribution in [2.45, 2.75) is 26.2 Å². The Bertz CT molecular complexity index is 1100. The van der Waals surface area contributed by atoms with E-state index in [9.17, 15) is 9.59 Å². The van der Waals surface area contributed by atoms with Crippen molar-refractivity contribution in [3.63, 3.8) is 0 Å². The van der Waals surface area contributed by atoms with E-state index in [0.717, 1.165) is 29.3 Å². The van der Waals surface area contributed by atoms with Gasteiger partial charge in [0.1, 0.15) is 5.75 Å². The minimum absolute atomic E-state index is 0.0448. The molecule has 0 unspecified atom stereocenters. The number of benzene rings is 2. The number of hydrogen-bond donors (Lipinski definition) is 1. The van der Waals surface area contributed by atoms with Crippen LogP contribution in [0.4, 0.5) is 11.4 Å². The monoisotopic (exact) mass is 477 g/mol. The molecule has 2 amide bonds. The molecular weight excluding hydrogens is 446 g/mol. The molecule has 0 spiro atoms. The maximum Gasteiger partial charge on any atom is 0.264 e. The zero-order valence-electron chi connectivity index (χ0n) is 19.9. The van der Waals surface area contributed by atoms with E-state index in [1.54, 1.807) is 0 Å². The van der Waals surface area contributed by atoms with Crippen molar-refractivity contribution < 1.29 is 14.3 Å². The van der Waals surface area contributed by atoms with E-state index in [1.807, 2.05) is 70.9 Å². The summed E-state index contributed by atoms with van der Waals surface area (Å²) in [6.07, 6.45) is 0. The molecule has 1 saturated heterocycles. The lowest BCUT2D eigenvalue weighted by atomic mass is 9.87. The molecule has 7 heteroatoms. The molecule has 3 aromatic rings. The third-order valence-corrected chi connectivity index (χ3v) is 6.76. The molecule has 178 valence electrons. The van der Waals surface area contributed by atoms with E-state index in [4.69, 9.17) is 4.74 Å². The molecule has 0 radical (unpaired) electrons. The predicted molar refractivity (Wildman–Crippen MR) is 138 cm³/mol. The molecule has 0 atom stereocenters. The first-order chi connectivity index (χ1) is 16.3. The molecule has 6 nitrogen and oxygen atoms in total. The maximum atomic E-state index is 12.5. The van der Waals surface area contributed by atoms with Crippen molar-refractivity contribution in [1.82, 2.24) is 4.90 Å². The van der Waals surface area contributed by atoms with E-state index < -0.39 is 0 Å². The highest BCUT2D eigenvalue weighted by Gasteiger charge is 2.23. The highest BCUT2D eigenvalue weighted by Crippen LogP contribution is 2.24. The van der Waals surface area contributed by atoms with Crippen molar-refractivity contribution in [3.8, 4) is 5.75 Å². The summed E-state index contributed by atoms with van der Waals surface area (Å²) in [5.74, 6) is 0.587. The third kappa shape index (κ3) is 5.97. The third-order valence-electron chi connectivity index (χ3n) is 5.91. The Morgan fingerprint density at radius 3 is 2.21 bits per heavy atom. The quantitative estimate of drug-likeness (QED) is 0.541. The fourth-order valence-electron chi connectivity index (χ4n) is 3.88. The zero-order valence-corrected chi connectivity index (χ0v) is 20.7. The summed E-state index contributed by atoms with van der Waals surface area (Å²) in [5, 5.41) is 4.81. The standard InChI is InChI=1S/C27H31N3O3S/c1-27(2,3)20-6-12-23(13-7-20)33-19-25(31)28-21-8-10-22(11-9-21)29-14-16-30(17-15-29)26(32)24-5-4-18-34-24/h4-13,18H,14-17,19H2,1-3H3,(H,28,31). The Kier molecular flexibility index (Phi) is 7.22. The Morgan fingerprint density at radius 1 is 0.941 bits per heavy atom. The van der Waals surface area contributed by atoms with Gasteiger partial charge in [-0.25, -0.2) is 0 Å². The second kappa shape index (κ2) is 10.3. The van der Waals surface area contributed by atoms with Crippen LogP contribution >= 0.6 is 11.3 Å². The molecule has 4 rings (SSSR count). The fraction of sp³-hybridized carbons (Fsp3) is 0.333. The first kappa shape index (κ1) is 23.8. The highest BCUT2D eigenvalue weighted by molar-refractivity contribution is 7.12. The van der Waals surface area contributed by atoms with Gasteiger partial charge >= 0.3 is 0 Å². The number of nitrogens with one attached hydrogen (secondary N) is 1. The van der Waals surface area contributed by atoms with Gasteiger partial charge in [0.25, 0.3) is 11.8 Å². The van der Waals surface area contributed by atoms with Crippen LogP contribution in [0.25, 0.3) is 0 Å². The lowest BCUT2D eigenvalue weighted by molar-refractivity contribution is -0.118. The van der Waals surface area contributed by atoms with Crippen molar-refractivity contribution in [1.29, 1.82) is 0 Å². The van der Waals surface area contributed by atoms with E-state index in [0.29, 0.717) is 18.8 Å². The second-order valence-corrected chi connectivity index (χ2v) is 10.4. The van der Waals surface area contributed by atoms with Crippen LogP contribution in [0.15, 0.2) is 66.0 Å². The summed E-state index contributed by atoms with van der Waals surface area (Å²) in [4.78, 5) is 29.8. The van der Waals surface area contributed by atoms with Crippen LogP contribution in [0.1, 0.15) is 36.0 Å². The van der Waals surface area contributed by atoms with Gasteiger partial charge in [0.2, 0.25) is 0 Å². The number of thiophene rings is 1. The van der Waals surface area contributed by atoms with E-state index in [1.165, 1.54) is 16.9 Å². The first-order valence-corrected chi connectivity index (χ1v) is 12.4. The van der Waals surface area contributed by atoms with Crippen LogP contribution in [0.3, 0.4) is 0 Å². The SMILES string of the molecule is CC(C)(C)c1ccc(OCC(=O)Nc2ccc(N3CCN(C(=O)c4cccs4)CC3)cc2)cc1. The van der Waals surface area contributed by atoms with E-state index in [2.05, 4.69) is 31.0 Å². The molecule has 34 heavy (non-hydrogen) atoms. The lowest BCUT2D eigenvalue weighted by Crippen LogP contribution is -2.48. The van der Waals surface area contributed by atoms with Gasteiger partial charge < -0.3 is 19.9 Å². The molecule has 2 heterocycles. The predicted octanol–water partition coefficient (Wildman–Crippen LogP) is 5.03. The number of carbonyl (C=O) groups is 2. The average Bonchev–Trinajstić information content (AvgIpc) is 3.38. The van der Waals surface area contributed by atoms with Crippen LogP contribution in [0.5, 0.6) is 5.75 Å². The molecule has 0 saturated carbocycles. The summed E-state index contributed by atoms with van der Waals surface area (Å²) in [7, 11) is 0. The summed E-state index contributed by atoms with van der Waals surface area (Å²) >= 11 is 1.48. The average molecular weight is 478 g/mol. The fourth-order valence-corrected chi connectivity index (χ4v) is 4.57. The molecule has 2 aromatic carbocycles. The summed E-state index contributed by atoms with van der Waals surface area (Å²) in [5.41, 5.74) is 3.11. The highest BCUT2D eigenvalue weighted by atomic mass is 32.1. The van der Waals surface area contributed by atoms with Crippen LogP contribution < -0.4 is 15.0 Å². The van der Waals surface area contributed by atoms with Crippen LogP contribution in [-0.4, -0.2) is 49.5 Å². The van der Waals surface area contributed by atoms with E-state index >= 15 is 0 Å². The smallest absolute Gasteiger partial charge is 0.264 e. The van der Waals surface area contributed by atoms with Gasteiger partial charge in [-0.1, -0.05) is 39.0 Å². The molecule has 1 aromatic heterocycles. The van der Waals surface area contributed by atoms with Crippen LogP contribution in [-0.2, 0) is 10.2 Å². The van der Waals surface area contributed by atoms with Crippen molar-refractivity contribution >= 4 is 34.5 Å². The number of anilines is 2. The Labute approximate surface area is 205 Å². The van der Waals surface area contributed by atoms with Crippen molar-refractivity contribution in [2.75, 3.05) is 43.0 Å². The molecule has 1 aliphatic rings. The number of carbonyl (C=O) groups excluding carboxylic acids is 2. The van der Waals surface area contributed by atoms with Gasteiger partial charge in [0, 0.05) is 37.6 Å². The van der Waals surface area contributed by atoms with Gasteiger partial charge in [-0.05, 0) is 58.8 Å². The first-order valence-electron chi connectivity index (χ1n) is 11.5. The Hall–Kier alpha value is -3.32. The Morgan fingerprint density at radius 2 is 1.62 bits per heavy atom. The minimum atomic E-state index is -0.201.